The number of hydrogen-bond donors (Lipinski definition) is 1. The molecule has 1 N–H and O–H groups in total. The van der Waals surface area contributed by atoms with Gasteiger partial charge in [0.15, 0.2) is 0 Å². The van der Waals surface area contributed by atoms with Crippen LogP contribution in [0.1, 0.15) is 37.0 Å². The number of benzene rings is 2. The van der Waals surface area contributed by atoms with E-state index in [1.54, 1.807) is 35.2 Å². The van der Waals surface area contributed by atoms with Crippen molar-refractivity contribution < 1.29 is 17.9 Å². The average molecular weight is 469 g/mol. The number of halogens is 1. The molecular weight excluding hydrogens is 444 g/mol. The van der Waals surface area contributed by atoms with Gasteiger partial charge in [-0.05, 0) is 65.7 Å². The van der Waals surface area contributed by atoms with Gasteiger partial charge in [0.2, 0.25) is 0 Å². The van der Waals surface area contributed by atoms with Gasteiger partial charge >= 0.3 is 0 Å². The van der Waals surface area contributed by atoms with Crippen molar-refractivity contribution in [3.8, 4) is 5.75 Å². The number of hydrogen-bond acceptors (Lipinski definition) is 4. The van der Waals surface area contributed by atoms with Crippen molar-refractivity contribution in [2.45, 2.75) is 31.6 Å². The van der Waals surface area contributed by atoms with E-state index in [-0.39, 0.29) is 10.8 Å². The molecule has 6 nitrogen and oxygen atoms in total. The number of ether oxygens (including phenoxy) is 1. The lowest BCUT2D eigenvalue weighted by atomic mass is 10.2. The molecule has 1 amide bonds. The van der Waals surface area contributed by atoms with Crippen LogP contribution in [0.3, 0.4) is 0 Å². The normalized spacial score (nSPS) is 11.1. The topological polar surface area (TPSA) is 75.7 Å². The Kier molecular flexibility index (Phi) is 7.88. The first-order valence-electron chi connectivity index (χ1n) is 9.08. The van der Waals surface area contributed by atoms with E-state index < -0.39 is 10.0 Å². The molecular formula is C20H25BrN2O4S. The second-order valence-electron chi connectivity index (χ2n) is 6.22. The third-order valence-corrected chi connectivity index (χ3v) is 6.24. The van der Waals surface area contributed by atoms with Crippen LogP contribution in [0.4, 0.5) is 5.69 Å². The fourth-order valence-electron chi connectivity index (χ4n) is 2.68. The smallest absolute Gasteiger partial charge is 0.261 e. The van der Waals surface area contributed by atoms with Gasteiger partial charge in [-0.15, -0.1) is 0 Å². The number of rotatable bonds is 9. The largest absolute Gasteiger partial charge is 0.496 e. The van der Waals surface area contributed by atoms with Gasteiger partial charge in [-0.1, -0.05) is 19.4 Å². The minimum Gasteiger partial charge on any atom is -0.496 e. The Hall–Kier alpha value is -2.06. The van der Waals surface area contributed by atoms with E-state index in [1.165, 1.54) is 19.2 Å². The SMILES string of the molecule is CCCCN(CC)C(=O)c1cccc(S(=O)(=O)Nc2ccc(OC)c(Br)c2)c1. The summed E-state index contributed by atoms with van der Waals surface area (Å²) in [6.07, 6.45) is 1.89. The molecule has 8 heteroatoms. The van der Waals surface area contributed by atoms with Gasteiger partial charge in [0.1, 0.15) is 5.75 Å². The molecule has 152 valence electrons. The van der Waals surface area contributed by atoms with Gasteiger partial charge in [0.25, 0.3) is 15.9 Å². The highest BCUT2D eigenvalue weighted by Gasteiger charge is 2.19. The molecule has 0 atom stereocenters. The summed E-state index contributed by atoms with van der Waals surface area (Å²) < 4.78 is 33.9. The molecule has 2 aromatic rings. The summed E-state index contributed by atoms with van der Waals surface area (Å²) in [4.78, 5) is 14.5. The molecule has 0 fully saturated rings. The maximum atomic E-state index is 12.8. The Bertz CT molecular complexity index is 932. The van der Waals surface area contributed by atoms with Gasteiger partial charge in [0.05, 0.1) is 22.2 Å². The maximum absolute atomic E-state index is 12.8. The number of nitrogens with zero attached hydrogens (tertiary/aromatic N) is 1. The zero-order valence-electron chi connectivity index (χ0n) is 16.2. The standard InChI is InChI=1S/C20H25BrN2O4S/c1-4-6-12-23(5-2)20(24)15-8-7-9-17(13-15)28(25,26)22-16-10-11-19(27-3)18(21)14-16/h7-11,13-14,22H,4-6,12H2,1-3H3. The third kappa shape index (κ3) is 5.48. The van der Waals surface area contributed by atoms with Crippen molar-refractivity contribution in [3.05, 3.63) is 52.5 Å². The zero-order valence-corrected chi connectivity index (χ0v) is 18.6. The molecule has 0 aliphatic rings. The van der Waals surface area contributed by atoms with E-state index in [1.807, 2.05) is 6.92 Å². The van der Waals surface area contributed by atoms with E-state index in [0.29, 0.717) is 34.6 Å². The summed E-state index contributed by atoms with van der Waals surface area (Å²) in [6, 6.07) is 11.0. The van der Waals surface area contributed by atoms with Gasteiger partial charge in [-0.25, -0.2) is 8.42 Å². The minimum atomic E-state index is -3.84. The zero-order chi connectivity index (χ0) is 20.7. The van der Waals surface area contributed by atoms with Crippen molar-refractivity contribution in [1.29, 1.82) is 0 Å². The lowest BCUT2D eigenvalue weighted by molar-refractivity contribution is 0.0762. The van der Waals surface area contributed by atoms with Crippen molar-refractivity contribution in [1.82, 2.24) is 4.90 Å². The highest BCUT2D eigenvalue weighted by molar-refractivity contribution is 9.10. The number of carbonyl (C=O) groups is 1. The summed E-state index contributed by atoms with van der Waals surface area (Å²) in [5, 5.41) is 0. The summed E-state index contributed by atoms with van der Waals surface area (Å²) in [7, 11) is -2.30. The molecule has 0 saturated heterocycles. The highest BCUT2D eigenvalue weighted by atomic mass is 79.9. The van der Waals surface area contributed by atoms with Gasteiger partial charge in [0, 0.05) is 18.7 Å². The average Bonchev–Trinajstić information content (AvgIpc) is 2.68. The number of carbonyl (C=O) groups excluding carboxylic acids is 1. The van der Waals surface area contributed by atoms with Gasteiger partial charge in [-0.2, -0.15) is 0 Å². The quantitative estimate of drug-likeness (QED) is 0.586. The second kappa shape index (κ2) is 9.93. The van der Waals surface area contributed by atoms with Crippen molar-refractivity contribution in [2.24, 2.45) is 0 Å². The lowest BCUT2D eigenvalue weighted by Gasteiger charge is -2.21. The summed E-state index contributed by atoms with van der Waals surface area (Å²) in [5.74, 6) is 0.433. The van der Waals surface area contributed by atoms with Crippen LogP contribution in [0, 0.1) is 0 Å². The van der Waals surface area contributed by atoms with Crippen LogP contribution in [-0.2, 0) is 10.0 Å². The molecule has 2 aromatic carbocycles. The first kappa shape index (κ1) is 22.2. The summed E-state index contributed by atoms with van der Waals surface area (Å²) >= 11 is 3.34. The van der Waals surface area contributed by atoms with E-state index in [2.05, 4.69) is 27.6 Å². The number of amides is 1. The highest BCUT2D eigenvalue weighted by Crippen LogP contribution is 2.29. The molecule has 0 unspecified atom stereocenters. The Morgan fingerprint density at radius 1 is 1.18 bits per heavy atom. The third-order valence-electron chi connectivity index (χ3n) is 4.25. The van der Waals surface area contributed by atoms with Crippen LogP contribution in [-0.4, -0.2) is 39.4 Å². The Balaban J connectivity index is 2.26. The van der Waals surface area contributed by atoms with Crippen LogP contribution in [0.15, 0.2) is 51.8 Å². The number of unbranched alkanes of at least 4 members (excludes halogenated alkanes) is 1. The number of nitrogens with one attached hydrogen (secondary N) is 1. The van der Waals surface area contributed by atoms with E-state index in [4.69, 9.17) is 4.74 Å². The second-order valence-corrected chi connectivity index (χ2v) is 8.76. The summed E-state index contributed by atoms with van der Waals surface area (Å²) in [5.41, 5.74) is 0.749. The van der Waals surface area contributed by atoms with Crippen LogP contribution in [0.25, 0.3) is 0 Å². The number of methoxy groups -OCH3 is 1. The van der Waals surface area contributed by atoms with Crippen LogP contribution in [0.5, 0.6) is 5.75 Å². The predicted octanol–water partition coefficient (Wildman–Crippen LogP) is 4.52. The molecule has 0 saturated carbocycles. The molecule has 0 aromatic heterocycles. The maximum Gasteiger partial charge on any atom is 0.261 e. The van der Waals surface area contributed by atoms with E-state index in [9.17, 15) is 13.2 Å². The van der Waals surface area contributed by atoms with Crippen LogP contribution < -0.4 is 9.46 Å². The molecule has 0 aliphatic carbocycles. The van der Waals surface area contributed by atoms with Gasteiger partial charge < -0.3 is 9.64 Å². The molecule has 0 bridgehead atoms. The Labute approximate surface area is 175 Å². The lowest BCUT2D eigenvalue weighted by Crippen LogP contribution is -2.31. The molecule has 0 spiro atoms. The Morgan fingerprint density at radius 3 is 2.54 bits per heavy atom. The van der Waals surface area contributed by atoms with Gasteiger partial charge in [-0.3, -0.25) is 9.52 Å². The first-order valence-corrected chi connectivity index (χ1v) is 11.4. The van der Waals surface area contributed by atoms with Crippen LogP contribution >= 0.6 is 15.9 Å². The van der Waals surface area contributed by atoms with E-state index >= 15 is 0 Å². The van der Waals surface area contributed by atoms with Crippen molar-refractivity contribution in [3.63, 3.8) is 0 Å². The molecule has 0 heterocycles. The molecule has 0 aliphatic heterocycles. The minimum absolute atomic E-state index is 0.0387. The monoisotopic (exact) mass is 468 g/mol. The predicted molar refractivity (Wildman–Crippen MR) is 114 cm³/mol. The Morgan fingerprint density at radius 2 is 1.93 bits per heavy atom. The summed E-state index contributed by atoms with van der Waals surface area (Å²) in [6.45, 7) is 5.21. The number of sulfonamides is 1. The fraction of sp³-hybridized carbons (Fsp3) is 0.350. The van der Waals surface area contributed by atoms with Crippen molar-refractivity contribution >= 4 is 37.5 Å². The van der Waals surface area contributed by atoms with Crippen LogP contribution in [0.2, 0.25) is 0 Å². The van der Waals surface area contributed by atoms with E-state index in [0.717, 1.165) is 12.8 Å². The molecule has 28 heavy (non-hydrogen) atoms. The first-order chi connectivity index (χ1) is 13.3. The van der Waals surface area contributed by atoms with Crippen molar-refractivity contribution in [2.75, 3.05) is 24.9 Å². The fourth-order valence-corrected chi connectivity index (χ4v) is 4.31. The molecule has 2 rings (SSSR count). The number of anilines is 1. The molecule has 0 radical (unpaired) electrons.